The van der Waals surface area contributed by atoms with Crippen molar-refractivity contribution in [3.63, 3.8) is 0 Å². The summed E-state index contributed by atoms with van der Waals surface area (Å²) in [5, 5.41) is 10.2. The van der Waals surface area contributed by atoms with Gasteiger partial charge in [0.2, 0.25) is 0 Å². The standard InChI is InChI=1S/C18H18ClN3OS/c1-13(23-15-9-4-3-5-10-15)17-20-21-18(22(17)2)24-12-14-8-6-7-11-16(14)19/h3-11,13H,12H2,1-2H3/t13-/m1/s1. The molecule has 1 aromatic heterocycles. The first-order chi connectivity index (χ1) is 11.6. The Morgan fingerprint density at radius 2 is 1.79 bits per heavy atom. The molecule has 124 valence electrons. The molecule has 0 saturated heterocycles. The van der Waals surface area contributed by atoms with Crippen LogP contribution < -0.4 is 4.74 Å². The Morgan fingerprint density at radius 1 is 1.08 bits per heavy atom. The van der Waals surface area contributed by atoms with E-state index in [2.05, 4.69) is 10.2 Å². The van der Waals surface area contributed by atoms with E-state index in [0.29, 0.717) is 0 Å². The second kappa shape index (κ2) is 7.73. The largest absolute Gasteiger partial charge is 0.483 e. The van der Waals surface area contributed by atoms with Crippen LogP contribution in [0.2, 0.25) is 5.02 Å². The molecular weight excluding hydrogens is 342 g/mol. The van der Waals surface area contributed by atoms with Gasteiger partial charge in [-0.25, -0.2) is 0 Å². The fourth-order valence-electron chi connectivity index (χ4n) is 2.32. The van der Waals surface area contributed by atoms with Gasteiger partial charge in [0, 0.05) is 17.8 Å². The predicted octanol–water partition coefficient (Wildman–Crippen LogP) is 4.90. The van der Waals surface area contributed by atoms with E-state index in [9.17, 15) is 0 Å². The third-order valence-electron chi connectivity index (χ3n) is 3.60. The summed E-state index contributed by atoms with van der Waals surface area (Å²) in [6.07, 6.45) is -0.181. The lowest BCUT2D eigenvalue weighted by Crippen LogP contribution is -2.10. The molecule has 0 N–H and O–H groups in total. The summed E-state index contributed by atoms with van der Waals surface area (Å²) in [5.74, 6) is 2.36. The third kappa shape index (κ3) is 3.91. The van der Waals surface area contributed by atoms with Gasteiger partial charge < -0.3 is 9.30 Å². The molecule has 0 radical (unpaired) electrons. The molecule has 0 aliphatic rings. The predicted molar refractivity (Wildman–Crippen MR) is 97.5 cm³/mol. The van der Waals surface area contributed by atoms with Gasteiger partial charge in [0.05, 0.1) is 0 Å². The van der Waals surface area contributed by atoms with Crippen LogP contribution in [0.4, 0.5) is 0 Å². The van der Waals surface area contributed by atoms with Gasteiger partial charge in [0.25, 0.3) is 0 Å². The second-order valence-electron chi connectivity index (χ2n) is 5.35. The number of ether oxygens (including phenoxy) is 1. The van der Waals surface area contributed by atoms with Crippen molar-refractivity contribution in [3.05, 3.63) is 71.0 Å². The lowest BCUT2D eigenvalue weighted by molar-refractivity contribution is 0.211. The molecule has 6 heteroatoms. The molecule has 0 aliphatic heterocycles. The summed E-state index contributed by atoms with van der Waals surface area (Å²) in [6, 6.07) is 17.6. The van der Waals surface area contributed by atoms with Crippen LogP contribution in [0.5, 0.6) is 5.75 Å². The number of nitrogens with zero attached hydrogens (tertiary/aromatic N) is 3. The maximum atomic E-state index is 6.20. The highest BCUT2D eigenvalue weighted by atomic mass is 35.5. The van der Waals surface area contributed by atoms with Gasteiger partial charge in [0.1, 0.15) is 5.75 Å². The van der Waals surface area contributed by atoms with E-state index in [-0.39, 0.29) is 6.10 Å². The number of benzene rings is 2. The minimum absolute atomic E-state index is 0.181. The topological polar surface area (TPSA) is 39.9 Å². The van der Waals surface area contributed by atoms with Crippen molar-refractivity contribution >= 4 is 23.4 Å². The molecule has 0 amide bonds. The van der Waals surface area contributed by atoms with E-state index in [1.54, 1.807) is 11.8 Å². The monoisotopic (exact) mass is 359 g/mol. The number of hydrogen-bond donors (Lipinski definition) is 0. The Kier molecular flexibility index (Phi) is 5.43. The molecule has 4 nitrogen and oxygen atoms in total. The SMILES string of the molecule is C[C@@H](Oc1ccccc1)c1nnc(SCc2ccccc2Cl)n1C. The molecule has 0 aliphatic carbocycles. The fraction of sp³-hybridized carbons (Fsp3) is 0.222. The number of para-hydroxylation sites is 1. The summed E-state index contributed by atoms with van der Waals surface area (Å²) in [7, 11) is 1.95. The van der Waals surface area contributed by atoms with Crippen molar-refractivity contribution in [3.8, 4) is 5.75 Å². The van der Waals surface area contributed by atoms with Gasteiger partial charge >= 0.3 is 0 Å². The zero-order chi connectivity index (χ0) is 16.9. The highest BCUT2D eigenvalue weighted by Gasteiger charge is 2.17. The van der Waals surface area contributed by atoms with E-state index in [4.69, 9.17) is 16.3 Å². The molecule has 3 rings (SSSR count). The Hall–Kier alpha value is -1.98. The van der Waals surface area contributed by atoms with Crippen molar-refractivity contribution in [1.82, 2.24) is 14.8 Å². The summed E-state index contributed by atoms with van der Waals surface area (Å²) in [6.45, 7) is 1.97. The molecule has 24 heavy (non-hydrogen) atoms. The average Bonchev–Trinajstić information content (AvgIpc) is 2.96. The van der Waals surface area contributed by atoms with Crippen molar-refractivity contribution in [2.45, 2.75) is 23.9 Å². The van der Waals surface area contributed by atoms with Gasteiger partial charge in [-0.3, -0.25) is 0 Å². The van der Waals surface area contributed by atoms with Crippen LogP contribution in [0, 0.1) is 0 Å². The summed E-state index contributed by atoms with van der Waals surface area (Å²) in [5.41, 5.74) is 1.09. The number of thioether (sulfide) groups is 1. The highest BCUT2D eigenvalue weighted by molar-refractivity contribution is 7.98. The Morgan fingerprint density at radius 3 is 2.54 bits per heavy atom. The van der Waals surface area contributed by atoms with Gasteiger partial charge in [-0.15, -0.1) is 10.2 Å². The van der Waals surface area contributed by atoms with Crippen LogP contribution in [0.25, 0.3) is 0 Å². The quantitative estimate of drug-likeness (QED) is 0.587. The Labute approximate surface area is 150 Å². The summed E-state index contributed by atoms with van der Waals surface area (Å²) in [4.78, 5) is 0. The van der Waals surface area contributed by atoms with Gasteiger partial charge in [-0.1, -0.05) is 59.8 Å². The highest BCUT2D eigenvalue weighted by Crippen LogP contribution is 2.27. The molecule has 3 aromatic rings. The minimum atomic E-state index is -0.181. The molecule has 1 heterocycles. The number of halogens is 1. The first-order valence-corrected chi connectivity index (χ1v) is 8.98. The lowest BCUT2D eigenvalue weighted by atomic mass is 10.2. The molecule has 0 bridgehead atoms. The van der Waals surface area contributed by atoms with Gasteiger partial charge in [-0.2, -0.15) is 0 Å². The molecule has 2 aromatic carbocycles. The van der Waals surface area contributed by atoms with E-state index >= 15 is 0 Å². The van der Waals surface area contributed by atoms with Crippen LogP contribution in [0.1, 0.15) is 24.4 Å². The average molecular weight is 360 g/mol. The fourth-order valence-corrected chi connectivity index (χ4v) is 3.52. The van der Waals surface area contributed by atoms with Crippen LogP contribution in [0.15, 0.2) is 59.8 Å². The second-order valence-corrected chi connectivity index (χ2v) is 6.70. The maximum Gasteiger partial charge on any atom is 0.191 e. The Balaban J connectivity index is 1.68. The number of rotatable bonds is 6. The van der Waals surface area contributed by atoms with Crippen LogP contribution >= 0.6 is 23.4 Å². The van der Waals surface area contributed by atoms with E-state index in [1.807, 2.05) is 73.1 Å². The normalized spacial score (nSPS) is 12.1. The zero-order valence-corrected chi connectivity index (χ0v) is 15.1. The lowest BCUT2D eigenvalue weighted by Gasteiger charge is -2.14. The van der Waals surface area contributed by atoms with E-state index in [0.717, 1.165) is 33.1 Å². The third-order valence-corrected chi connectivity index (χ3v) is 5.04. The van der Waals surface area contributed by atoms with Crippen LogP contribution in [-0.4, -0.2) is 14.8 Å². The maximum absolute atomic E-state index is 6.20. The van der Waals surface area contributed by atoms with Crippen LogP contribution in [-0.2, 0) is 12.8 Å². The zero-order valence-electron chi connectivity index (χ0n) is 13.5. The van der Waals surface area contributed by atoms with Crippen LogP contribution in [0.3, 0.4) is 0 Å². The minimum Gasteiger partial charge on any atom is -0.483 e. The molecule has 0 fully saturated rings. The summed E-state index contributed by atoms with van der Waals surface area (Å²) >= 11 is 7.81. The number of aromatic nitrogens is 3. The van der Waals surface area contributed by atoms with E-state index in [1.165, 1.54) is 0 Å². The van der Waals surface area contributed by atoms with Gasteiger partial charge in [0.15, 0.2) is 17.1 Å². The molecule has 0 unspecified atom stereocenters. The van der Waals surface area contributed by atoms with Crippen molar-refractivity contribution in [2.24, 2.45) is 7.05 Å². The molecule has 1 atom stereocenters. The molecule has 0 saturated carbocycles. The van der Waals surface area contributed by atoms with Gasteiger partial charge in [-0.05, 0) is 30.7 Å². The van der Waals surface area contributed by atoms with Crippen molar-refractivity contribution < 1.29 is 4.74 Å². The molecular formula is C18H18ClN3OS. The molecule has 0 spiro atoms. The van der Waals surface area contributed by atoms with E-state index < -0.39 is 0 Å². The smallest absolute Gasteiger partial charge is 0.191 e. The van der Waals surface area contributed by atoms with Crippen molar-refractivity contribution in [2.75, 3.05) is 0 Å². The Bertz CT molecular complexity index is 807. The summed E-state index contributed by atoms with van der Waals surface area (Å²) < 4.78 is 7.89. The number of hydrogen-bond acceptors (Lipinski definition) is 4. The first-order valence-electron chi connectivity index (χ1n) is 7.62. The van der Waals surface area contributed by atoms with Crippen molar-refractivity contribution in [1.29, 1.82) is 0 Å². The first kappa shape index (κ1) is 16.9.